The van der Waals surface area contributed by atoms with E-state index in [2.05, 4.69) is 24.1 Å². The summed E-state index contributed by atoms with van der Waals surface area (Å²) in [5.41, 5.74) is 4.62. The highest BCUT2D eigenvalue weighted by Crippen LogP contribution is 2.43. The van der Waals surface area contributed by atoms with Crippen molar-refractivity contribution >= 4 is 5.91 Å². The summed E-state index contributed by atoms with van der Waals surface area (Å²) in [7, 11) is 1.61. The number of hydrogen-bond acceptors (Lipinski definition) is 4. The van der Waals surface area contributed by atoms with Crippen molar-refractivity contribution in [3.05, 3.63) is 64.5 Å². The van der Waals surface area contributed by atoms with Crippen molar-refractivity contribution in [3.8, 4) is 0 Å². The van der Waals surface area contributed by atoms with Crippen LogP contribution in [0.15, 0.2) is 36.5 Å². The molecular weight excluding hydrogens is 479 g/mol. The molecule has 37 heavy (non-hydrogen) atoms. The molecule has 1 aromatic heterocycles. The summed E-state index contributed by atoms with van der Waals surface area (Å²) in [6.45, 7) is 8.08. The van der Waals surface area contributed by atoms with Crippen LogP contribution < -0.4 is 5.32 Å². The fourth-order valence-electron chi connectivity index (χ4n) is 5.88. The van der Waals surface area contributed by atoms with Gasteiger partial charge in [0.2, 0.25) is 0 Å². The molecule has 1 fully saturated rings. The zero-order chi connectivity index (χ0) is 26.7. The second-order valence-electron chi connectivity index (χ2n) is 11.0. The minimum absolute atomic E-state index is 0.0984. The number of nitrogens with one attached hydrogen (secondary N) is 1. The molecule has 2 atom stereocenters. The number of alkyl halides is 3. The number of ether oxygens (including phenoxy) is 1. The number of aryl methyl sites for hydroxylation is 1. The Morgan fingerprint density at radius 1 is 1.16 bits per heavy atom. The molecule has 1 aliphatic heterocycles. The molecule has 2 heterocycles. The molecule has 1 amide bonds. The second-order valence-corrected chi connectivity index (χ2v) is 11.0. The number of pyridine rings is 1. The first-order valence-electron chi connectivity index (χ1n) is 13.2. The molecule has 5 nitrogen and oxygen atoms in total. The van der Waals surface area contributed by atoms with Crippen LogP contribution in [0.25, 0.3) is 0 Å². The zero-order valence-corrected chi connectivity index (χ0v) is 22.1. The molecule has 0 spiro atoms. The molecule has 0 saturated heterocycles. The lowest BCUT2D eigenvalue weighted by Gasteiger charge is -2.35. The van der Waals surface area contributed by atoms with Crippen LogP contribution in [-0.2, 0) is 11.3 Å². The zero-order valence-electron chi connectivity index (χ0n) is 22.1. The van der Waals surface area contributed by atoms with Crippen molar-refractivity contribution < 1.29 is 22.7 Å². The normalized spacial score (nSPS) is 23.2. The molecule has 0 radical (unpaired) electrons. The Kier molecular flexibility index (Phi) is 8.59. The fraction of sp³-hybridized carbons (Fsp3) is 0.586. The molecule has 1 aliphatic carbocycles. The Morgan fingerprint density at radius 2 is 1.84 bits per heavy atom. The molecule has 202 valence electrons. The van der Waals surface area contributed by atoms with Gasteiger partial charge in [-0.3, -0.25) is 14.7 Å². The summed E-state index contributed by atoms with van der Waals surface area (Å²) in [6.07, 6.45) is -0.814. The van der Waals surface area contributed by atoms with E-state index in [-0.39, 0.29) is 36.8 Å². The Bertz CT molecular complexity index is 1060. The lowest BCUT2D eigenvalue weighted by atomic mass is 9.81. The topological polar surface area (TPSA) is 54.5 Å². The maximum atomic E-state index is 13.2. The van der Waals surface area contributed by atoms with Crippen molar-refractivity contribution in [1.29, 1.82) is 0 Å². The Morgan fingerprint density at radius 3 is 2.43 bits per heavy atom. The number of hydrogen-bond donors (Lipinski definition) is 1. The number of carbonyl (C=O) groups is 1. The predicted octanol–water partition coefficient (Wildman–Crippen LogP) is 6.39. The van der Waals surface area contributed by atoms with Crippen molar-refractivity contribution in [2.45, 2.75) is 71.3 Å². The molecule has 2 aliphatic rings. The van der Waals surface area contributed by atoms with Gasteiger partial charge in [-0.15, -0.1) is 0 Å². The monoisotopic (exact) mass is 517 g/mol. The summed E-state index contributed by atoms with van der Waals surface area (Å²) in [6, 6.07) is 9.75. The maximum Gasteiger partial charge on any atom is 0.391 e. The Labute approximate surface area is 217 Å². The van der Waals surface area contributed by atoms with Gasteiger partial charge in [0, 0.05) is 26.4 Å². The number of nitrogens with zero attached hydrogens (tertiary/aromatic N) is 2. The summed E-state index contributed by atoms with van der Waals surface area (Å²) >= 11 is 0. The molecule has 0 unspecified atom stereocenters. The third kappa shape index (κ3) is 6.52. The largest absolute Gasteiger partial charge is 0.391 e. The van der Waals surface area contributed by atoms with Crippen LogP contribution in [0.2, 0.25) is 0 Å². The first-order valence-corrected chi connectivity index (χ1v) is 13.2. The molecule has 1 saturated carbocycles. The van der Waals surface area contributed by atoms with Crippen LogP contribution in [0.4, 0.5) is 13.2 Å². The van der Waals surface area contributed by atoms with Gasteiger partial charge in [-0.05, 0) is 61.6 Å². The molecule has 2 aromatic rings. The third-order valence-electron chi connectivity index (χ3n) is 7.86. The van der Waals surface area contributed by atoms with Gasteiger partial charge in [0.1, 0.15) is 0 Å². The van der Waals surface area contributed by atoms with E-state index in [1.165, 1.54) is 0 Å². The van der Waals surface area contributed by atoms with E-state index in [4.69, 9.17) is 9.72 Å². The van der Waals surface area contributed by atoms with Gasteiger partial charge in [0.05, 0.1) is 35.9 Å². The Balaban J connectivity index is 1.45. The van der Waals surface area contributed by atoms with Gasteiger partial charge < -0.3 is 10.1 Å². The molecule has 1 aromatic carbocycles. The van der Waals surface area contributed by atoms with Crippen LogP contribution in [0.5, 0.6) is 0 Å². The van der Waals surface area contributed by atoms with Crippen molar-refractivity contribution in [2.24, 2.45) is 17.8 Å². The molecule has 8 heteroatoms. The number of amides is 1. The average Bonchev–Trinajstić information content (AvgIpc) is 3.21. The maximum absolute atomic E-state index is 13.2. The van der Waals surface area contributed by atoms with E-state index in [0.29, 0.717) is 37.5 Å². The first-order chi connectivity index (χ1) is 17.6. The van der Waals surface area contributed by atoms with Crippen molar-refractivity contribution in [2.75, 3.05) is 20.3 Å². The third-order valence-corrected chi connectivity index (χ3v) is 7.86. The Hall–Kier alpha value is -2.45. The number of fused-ring (bicyclic) bond motifs is 1. The minimum atomic E-state index is -4.09. The summed E-state index contributed by atoms with van der Waals surface area (Å²) < 4.78 is 44.7. The van der Waals surface area contributed by atoms with Crippen LogP contribution in [0.1, 0.15) is 84.4 Å². The van der Waals surface area contributed by atoms with Crippen molar-refractivity contribution in [1.82, 2.24) is 15.2 Å². The highest BCUT2D eigenvalue weighted by molar-refractivity contribution is 5.94. The number of rotatable bonds is 8. The molecule has 0 bridgehead atoms. The van der Waals surface area contributed by atoms with Gasteiger partial charge in [0.15, 0.2) is 0 Å². The predicted molar refractivity (Wildman–Crippen MR) is 137 cm³/mol. The van der Waals surface area contributed by atoms with Crippen LogP contribution >= 0.6 is 0 Å². The smallest absolute Gasteiger partial charge is 0.382 e. The summed E-state index contributed by atoms with van der Waals surface area (Å²) in [5.74, 6) is -0.818. The number of carbonyl (C=O) groups excluding carboxylic acids is 1. The molecule has 1 N–H and O–H groups in total. The quantitative estimate of drug-likeness (QED) is 0.441. The minimum Gasteiger partial charge on any atom is -0.382 e. The highest BCUT2D eigenvalue weighted by atomic mass is 19.4. The lowest BCUT2D eigenvalue weighted by Crippen LogP contribution is -2.35. The van der Waals surface area contributed by atoms with Crippen LogP contribution in [0.3, 0.4) is 0 Å². The molecule has 4 rings (SSSR count). The standard InChI is InChI=1S/C29H38F3N3O2/c1-18(2)27-26-23(16-35(27)15-20-7-11-24(12-8-20)29(30,31)32)13-22(14-33-26)28(36)34-25(17-37-4)21-9-5-19(3)6-10-21/h5-6,9-10,13-14,18,20,24-25,27H,7-8,11-12,15-17H2,1-4H3,(H,34,36)/t20-,24-,25-,27-/m0/s1. The van der Waals surface area contributed by atoms with E-state index < -0.39 is 12.1 Å². The van der Waals surface area contributed by atoms with E-state index >= 15 is 0 Å². The summed E-state index contributed by atoms with van der Waals surface area (Å²) in [4.78, 5) is 20.3. The lowest BCUT2D eigenvalue weighted by molar-refractivity contribution is -0.184. The van der Waals surface area contributed by atoms with Gasteiger partial charge >= 0.3 is 6.18 Å². The van der Waals surface area contributed by atoms with Gasteiger partial charge in [-0.1, -0.05) is 43.7 Å². The number of aromatic nitrogens is 1. The molecular formula is C29H38F3N3O2. The number of methoxy groups -OCH3 is 1. The van der Waals surface area contributed by atoms with E-state index in [1.54, 1.807) is 13.3 Å². The number of benzene rings is 1. The summed E-state index contributed by atoms with van der Waals surface area (Å²) in [5, 5.41) is 3.08. The number of halogens is 3. The van der Waals surface area contributed by atoms with Crippen LogP contribution in [0, 0.1) is 24.7 Å². The van der Waals surface area contributed by atoms with Gasteiger partial charge in [-0.2, -0.15) is 13.2 Å². The first kappa shape index (κ1) is 27.6. The van der Waals surface area contributed by atoms with E-state index in [9.17, 15) is 18.0 Å². The fourth-order valence-corrected chi connectivity index (χ4v) is 5.88. The SMILES string of the molecule is COC[C@H](NC(=O)c1cnc2c(c1)CN(C[C@H]1CC[C@H](C(F)(F)F)CC1)[C@H]2C(C)C)c1ccc(C)cc1. The highest BCUT2D eigenvalue weighted by Gasteiger charge is 2.42. The van der Waals surface area contributed by atoms with Crippen molar-refractivity contribution in [3.63, 3.8) is 0 Å². The van der Waals surface area contributed by atoms with Gasteiger partial charge in [0.25, 0.3) is 5.91 Å². The van der Waals surface area contributed by atoms with E-state index in [0.717, 1.165) is 28.9 Å². The second kappa shape index (κ2) is 11.5. The van der Waals surface area contributed by atoms with E-state index in [1.807, 2.05) is 37.3 Å². The average molecular weight is 518 g/mol. The van der Waals surface area contributed by atoms with Crippen LogP contribution in [-0.4, -0.2) is 42.2 Å². The van der Waals surface area contributed by atoms with Gasteiger partial charge in [-0.25, -0.2) is 0 Å².